The van der Waals surface area contributed by atoms with Gasteiger partial charge >= 0.3 is 22.7 Å². The Kier molecular flexibility index (Phi) is 6.77. The van der Waals surface area contributed by atoms with E-state index < -0.39 is 3.81 Å². The third-order valence-electron chi connectivity index (χ3n) is 0. The first-order chi connectivity index (χ1) is 2.00. The average molecular weight is 160 g/mol. The quantitative estimate of drug-likeness (QED) is 0.414. The third-order valence-corrected chi connectivity index (χ3v) is 0. The minimum Gasteiger partial charge on any atom is -0.332 e. The molecule has 0 bridgehead atoms. The summed E-state index contributed by atoms with van der Waals surface area (Å²) >= 11 is 19.6. The second kappa shape index (κ2) is 3.78. The van der Waals surface area contributed by atoms with Gasteiger partial charge in [-0.2, -0.15) is 0 Å². The largest absolute Gasteiger partial charge is 1.00 e. The second-order valence-electron chi connectivity index (χ2n) is 0.495. The van der Waals surface area contributed by atoms with Crippen molar-refractivity contribution >= 4 is 49.6 Å². The van der Waals surface area contributed by atoms with Crippen LogP contribution in [0.2, 0.25) is 0 Å². The van der Waals surface area contributed by atoms with Gasteiger partial charge < -0.3 is 45.8 Å². The van der Waals surface area contributed by atoms with E-state index in [9.17, 15) is 0 Å². The van der Waals surface area contributed by atoms with Crippen molar-refractivity contribution in [3.8, 4) is 0 Å². The monoisotopic (exact) mass is 158 g/mol. The Morgan fingerprint density at radius 1 is 0.833 bits per heavy atom. The molecule has 0 N–H and O–H groups in total. The summed E-state index contributed by atoms with van der Waals surface area (Å²) in [4.78, 5) is 0. The van der Waals surface area contributed by atoms with Crippen molar-refractivity contribution in [1.29, 1.82) is 0 Å². The van der Waals surface area contributed by atoms with Crippen LogP contribution in [0.3, 0.4) is 0 Å². The zero-order chi connectivity index (χ0) is 4.50. The maximum absolute atomic E-state index is 4.89. The molecule has 0 unspecified atom stereocenters. The van der Waals surface area contributed by atoms with Gasteiger partial charge in [0.1, 0.15) is 0 Å². The van der Waals surface area contributed by atoms with Crippen LogP contribution in [0, 0.1) is 0 Å². The summed E-state index contributed by atoms with van der Waals surface area (Å²) < 4.78 is -2.11. The van der Waals surface area contributed by atoms with E-state index in [0.29, 0.717) is 0 Å². The first-order valence-corrected chi connectivity index (χ1v) is 2.62. The maximum atomic E-state index is 4.89. The normalized spacial score (nSPS) is 10.0. The number of hydrogen-bond acceptors (Lipinski definition) is 0. The van der Waals surface area contributed by atoms with Crippen molar-refractivity contribution < 1.29 is 18.9 Å². The molecular weight excluding hydrogens is 160 g/mol. The molecule has 0 radical (unpaired) electrons. The van der Waals surface area contributed by atoms with Gasteiger partial charge in [0, 0.05) is 0 Å². The zero-order valence-electron chi connectivity index (χ0n) is 3.09. The van der Waals surface area contributed by atoms with Crippen LogP contribution in [-0.4, -0.2) is 3.81 Å². The van der Waals surface area contributed by atoms with Crippen molar-refractivity contribution in [3.05, 3.63) is 0 Å². The summed E-state index contributed by atoms with van der Waals surface area (Å²) in [5, 5.41) is 0. The molecule has 0 aromatic carbocycles. The number of halogens is 4. The van der Waals surface area contributed by atoms with E-state index in [2.05, 4.69) is 0 Å². The number of hydrogen-bond donors (Lipinski definition) is 0. The van der Waals surface area contributed by atoms with Gasteiger partial charge in [0.2, 0.25) is 0 Å². The summed E-state index contributed by atoms with van der Waals surface area (Å²) in [6.07, 6.45) is 0. The van der Waals surface area contributed by atoms with E-state index in [-0.39, 0.29) is 18.9 Å². The molecule has 0 spiro atoms. The van der Waals surface area contributed by atoms with Crippen LogP contribution >= 0.6 is 45.8 Å². The molecule has 0 saturated heterocycles. The Bertz CT molecular complexity index is 23.0. The van der Waals surface area contributed by atoms with Gasteiger partial charge in [-0.25, -0.2) is 0 Å². The van der Waals surface area contributed by atoms with Gasteiger partial charge in [0.05, 0.1) is 0 Å². The zero-order valence-corrected chi connectivity index (χ0v) is 6.11. The van der Waals surface area contributed by atoms with Gasteiger partial charge in [-0.1, -0.05) is 0 Å². The van der Waals surface area contributed by atoms with E-state index in [4.69, 9.17) is 45.8 Å². The van der Waals surface area contributed by atoms with Gasteiger partial charge in [-0.3, -0.25) is 0 Å². The first-order valence-electron chi connectivity index (χ1n) is 0.873. The van der Waals surface area contributed by atoms with Crippen LogP contribution in [0.1, 0.15) is 0 Å². The molecule has 0 fully saturated rings. The second-order valence-corrected chi connectivity index (χ2v) is 4.45. The van der Waals surface area contributed by atoms with E-state index in [1.165, 1.54) is 0 Å². The molecule has 0 amide bonds. The smallest absolute Gasteiger partial charge is 0.332 e. The molecule has 6 heavy (non-hydrogen) atoms. The van der Waals surface area contributed by atoms with Crippen LogP contribution in [0.15, 0.2) is 0 Å². The van der Waals surface area contributed by atoms with Gasteiger partial charge in [0.15, 0.2) is 0 Å². The van der Waals surface area contributed by atoms with Crippen molar-refractivity contribution in [1.82, 2.24) is 0 Å². The van der Waals surface area contributed by atoms with Crippen LogP contribution in [-0.2, 0) is 0 Å². The predicted molar refractivity (Wildman–Crippen MR) is 29.2 cm³/mol. The Balaban J connectivity index is 0. The standard InChI is InChI=1S/BCl4.Li/c2-1(3,4)5;/q-1;+1. The van der Waals surface area contributed by atoms with E-state index in [1.807, 2.05) is 0 Å². The predicted octanol–water partition coefficient (Wildman–Crippen LogP) is -0.619. The fourth-order valence-electron chi connectivity index (χ4n) is 0. The Labute approximate surface area is 68.2 Å². The minimum atomic E-state index is -2.11. The average Bonchev–Trinajstić information content (AvgIpc) is 0.722. The van der Waals surface area contributed by atoms with Crippen molar-refractivity contribution in [3.63, 3.8) is 0 Å². The summed E-state index contributed by atoms with van der Waals surface area (Å²) in [7, 11) is 0. The molecule has 32 valence electrons. The third kappa shape index (κ3) is 40.8. The molecule has 0 aliphatic carbocycles. The molecule has 0 saturated carbocycles. The molecule has 0 aliphatic heterocycles. The van der Waals surface area contributed by atoms with Gasteiger partial charge in [-0.15, -0.1) is 0 Å². The van der Waals surface area contributed by atoms with E-state index in [1.54, 1.807) is 0 Å². The fraction of sp³-hybridized carbons (Fsp3) is 0. The molecule has 0 heterocycles. The Hall–Kier alpha value is 1.82. The number of rotatable bonds is 0. The SMILES string of the molecule is Cl[B-](Cl)(Cl)Cl.[Li+]. The Morgan fingerprint density at radius 3 is 0.833 bits per heavy atom. The summed E-state index contributed by atoms with van der Waals surface area (Å²) in [6, 6.07) is 0. The topological polar surface area (TPSA) is 0 Å². The molecule has 0 aliphatic rings. The summed E-state index contributed by atoms with van der Waals surface area (Å²) in [6.45, 7) is 0. The minimum absolute atomic E-state index is 0. The van der Waals surface area contributed by atoms with Crippen molar-refractivity contribution in [2.75, 3.05) is 0 Å². The molecule has 0 nitrogen and oxygen atoms in total. The van der Waals surface area contributed by atoms with Crippen LogP contribution in [0.4, 0.5) is 0 Å². The molecule has 0 atom stereocenters. The molecule has 6 heteroatoms. The van der Waals surface area contributed by atoms with Crippen molar-refractivity contribution in [2.24, 2.45) is 0 Å². The van der Waals surface area contributed by atoms with Gasteiger partial charge in [0.25, 0.3) is 0 Å². The van der Waals surface area contributed by atoms with Crippen LogP contribution in [0.5, 0.6) is 0 Å². The van der Waals surface area contributed by atoms with Crippen molar-refractivity contribution in [2.45, 2.75) is 0 Å². The first kappa shape index (κ1) is 10.7. The Morgan fingerprint density at radius 2 is 0.833 bits per heavy atom. The molecular formula is BCl4Li. The molecule has 0 rings (SSSR count). The van der Waals surface area contributed by atoms with Crippen LogP contribution in [0.25, 0.3) is 0 Å². The summed E-state index contributed by atoms with van der Waals surface area (Å²) in [5.41, 5.74) is 0. The summed E-state index contributed by atoms with van der Waals surface area (Å²) in [5.74, 6) is 0. The maximum Gasteiger partial charge on any atom is 1.00 e. The molecule has 0 aromatic heterocycles. The van der Waals surface area contributed by atoms with Crippen LogP contribution < -0.4 is 18.9 Å². The van der Waals surface area contributed by atoms with E-state index >= 15 is 0 Å². The fourth-order valence-corrected chi connectivity index (χ4v) is 0. The van der Waals surface area contributed by atoms with E-state index in [0.717, 1.165) is 0 Å². The molecule has 0 aromatic rings. The van der Waals surface area contributed by atoms with Gasteiger partial charge in [-0.05, 0) is 0 Å².